The third kappa shape index (κ3) is 3.93. The van der Waals surface area contributed by atoms with Crippen molar-refractivity contribution in [2.24, 2.45) is 0 Å². The van der Waals surface area contributed by atoms with Crippen LogP contribution in [-0.4, -0.2) is 18.6 Å². The summed E-state index contributed by atoms with van der Waals surface area (Å²) in [5.41, 5.74) is 1.93. The smallest absolute Gasteiger partial charge is 0.328 e. The highest BCUT2D eigenvalue weighted by atomic mass is 35.5. The first-order valence-electron chi connectivity index (χ1n) is 5.77. The molecule has 0 heterocycles. The molecular formula is C13H18ClNO2. The highest BCUT2D eigenvalue weighted by Crippen LogP contribution is 2.21. The second-order valence-corrected chi connectivity index (χ2v) is 4.25. The van der Waals surface area contributed by atoms with E-state index in [1.165, 1.54) is 0 Å². The molecule has 0 radical (unpaired) electrons. The Morgan fingerprint density at radius 1 is 1.47 bits per heavy atom. The van der Waals surface area contributed by atoms with Crippen LogP contribution in [0.4, 0.5) is 5.69 Å². The summed E-state index contributed by atoms with van der Waals surface area (Å²) in [6, 6.07) is 5.23. The van der Waals surface area contributed by atoms with Gasteiger partial charge in [-0.05, 0) is 44.0 Å². The lowest BCUT2D eigenvalue weighted by Gasteiger charge is -2.18. The lowest BCUT2D eigenvalue weighted by atomic mass is 10.1. The Balaban J connectivity index is 2.77. The van der Waals surface area contributed by atoms with E-state index in [1.54, 1.807) is 13.0 Å². The highest BCUT2D eigenvalue weighted by molar-refractivity contribution is 6.30. The van der Waals surface area contributed by atoms with Gasteiger partial charge < -0.3 is 10.1 Å². The summed E-state index contributed by atoms with van der Waals surface area (Å²) >= 11 is 5.88. The van der Waals surface area contributed by atoms with Crippen LogP contribution >= 0.6 is 11.6 Å². The SMILES string of the molecule is CCOC(=O)C(CC)Nc1ccc(Cl)cc1C. The first-order chi connectivity index (χ1) is 8.08. The maximum absolute atomic E-state index is 11.6. The third-order valence-electron chi connectivity index (χ3n) is 2.50. The fourth-order valence-electron chi connectivity index (χ4n) is 1.55. The molecule has 17 heavy (non-hydrogen) atoms. The fraction of sp³-hybridized carbons (Fsp3) is 0.462. The van der Waals surface area contributed by atoms with Crippen molar-refractivity contribution in [1.82, 2.24) is 0 Å². The van der Waals surface area contributed by atoms with Crippen LogP contribution in [0.2, 0.25) is 5.02 Å². The number of benzene rings is 1. The molecule has 1 aromatic carbocycles. The molecule has 0 bridgehead atoms. The lowest BCUT2D eigenvalue weighted by molar-refractivity contribution is -0.144. The van der Waals surface area contributed by atoms with Gasteiger partial charge in [-0.25, -0.2) is 4.79 Å². The van der Waals surface area contributed by atoms with Crippen LogP contribution in [0.5, 0.6) is 0 Å². The zero-order valence-corrected chi connectivity index (χ0v) is 11.2. The Bertz CT molecular complexity index is 393. The number of rotatable bonds is 5. The number of hydrogen-bond donors (Lipinski definition) is 1. The second-order valence-electron chi connectivity index (χ2n) is 3.82. The molecule has 4 heteroatoms. The van der Waals surface area contributed by atoms with Crippen molar-refractivity contribution in [3.05, 3.63) is 28.8 Å². The number of carbonyl (C=O) groups is 1. The molecule has 0 saturated carbocycles. The van der Waals surface area contributed by atoms with E-state index >= 15 is 0 Å². The minimum atomic E-state index is -0.310. The molecule has 1 rings (SSSR count). The molecule has 3 nitrogen and oxygen atoms in total. The van der Waals surface area contributed by atoms with Crippen LogP contribution in [-0.2, 0) is 9.53 Å². The van der Waals surface area contributed by atoms with E-state index in [0.29, 0.717) is 18.1 Å². The number of nitrogens with one attached hydrogen (secondary N) is 1. The lowest BCUT2D eigenvalue weighted by Crippen LogP contribution is -2.30. The van der Waals surface area contributed by atoms with Gasteiger partial charge in [0, 0.05) is 10.7 Å². The number of carbonyl (C=O) groups excluding carboxylic acids is 1. The maximum atomic E-state index is 11.6. The molecule has 1 aromatic rings. The predicted molar refractivity (Wildman–Crippen MR) is 70.5 cm³/mol. The average Bonchev–Trinajstić information content (AvgIpc) is 2.28. The Morgan fingerprint density at radius 2 is 2.18 bits per heavy atom. The van der Waals surface area contributed by atoms with E-state index in [2.05, 4.69) is 5.32 Å². The molecule has 1 atom stereocenters. The van der Waals surface area contributed by atoms with E-state index in [9.17, 15) is 4.79 Å². The normalized spacial score (nSPS) is 12.0. The molecule has 1 unspecified atom stereocenters. The van der Waals surface area contributed by atoms with E-state index in [4.69, 9.17) is 16.3 Å². The molecule has 0 aliphatic carbocycles. The van der Waals surface area contributed by atoms with Crippen LogP contribution in [0.3, 0.4) is 0 Å². The van der Waals surface area contributed by atoms with Gasteiger partial charge in [0.05, 0.1) is 6.61 Å². The quantitative estimate of drug-likeness (QED) is 0.820. The summed E-state index contributed by atoms with van der Waals surface area (Å²) in [4.78, 5) is 11.6. The van der Waals surface area contributed by atoms with Gasteiger partial charge in [-0.15, -0.1) is 0 Å². The Hall–Kier alpha value is -1.22. The van der Waals surface area contributed by atoms with Crippen molar-refractivity contribution in [3.63, 3.8) is 0 Å². The maximum Gasteiger partial charge on any atom is 0.328 e. The molecule has 0 aliphatic heterocycles. The molecule has 0 amide bonds. The molecular weight excluding hydrogens is 238 g/mol. The number of halogens is 1. The topological polar surface area (TPSA) is 38.3 Å². The third-order valence-corrected chi connectivity index (χ3v) is 2.73. The second kappa shape index (κ2) is 6.50. The van der Waals surface area contributed by atoms with Crippen LogP contribution < -0.4 is 5.32 Å². The minimum absolute atomic E-state index is 0.218. The van der Waals surface area contributed by atoms with Gasteiger partial charge in [0.25, 0.3) is 0 Å². The van der Waals surface area contributed by atoms with E-state index in [0.717, 1.165) is 11.3 Å². The van der Waals surface area contributed by atoms with Gasteiger partial charge in [-0.1, -0.05) is 18.5 Å². The highest BCUT2D eigenvalue weighted by Gasteiger charge is 2.17. The van der Waals surface area contributed by atoms with E-state index in [-0.39, 0.29) is 12.0 Å². The number of hydrogen-bond acceptors (Lipinski definition) is 3. The number of anilines is 1. The minimum Gasteiger partial charge on any atom is -0.464 e. The van der Waals surface area contributed by atoms with Gasteiger partial charge in [0.15, 0.2) is 0 Å². The molecule has 0 aliphatic rings. The summed E-state index contributed by atoms with van der Waals surface area (Å²) in [7, 11) is 0. The van der Waals surface area contributed by atoms with Crippen molar-refractivity contribution in [2.75, 3.05) is 11.9 Å². The van der Waals surface area contributed by atoms with Crippen molar-refractivity contribution in [3.8, 4) is 0 Å². The Labute approximate surface area is 107 Å². The van der Waals surface area contributed by atoms with Crippen molar-refractivity contribution >= 4 is 23.3 Å². The van der Waals surface area contributed by atoms with Crippen LogP contribution in [0.25, 0.3) is 0 Å². The monoisotopic (exact) mass is 255 g/mol. The zero-order chi connectivity index (χ0) is 12.8. The number of aryl methyl sites for hydroxylation is 1. The standard InChI is InChI=1S/C13H18ClNO2/c1-4-11(13(16)17-5-2)15-12-7-6-10(14)8-9(12)3/h6-8,11,15H,4-5H2,1-3H3. The first kappa shape index (κ1) is 13.8. The van der Waals surface area contributed by atoms with Gasteiger partial charge in [0.2, 0.25) is 0 Å². The van der Waals surface area contributed by atoms with Crippen LogP contribution in [0, 0.1) is 6.92 Å². The summed E-state index contributed by atoms with van der Waals surface area (Å²) in [5.74, 6) is -0.218. The van der Waals surface area contributed by atoms with Crippen LogP contribution in [0.1, 0.15) is 25.8 Å². The van der Waals surface area contributed by atoms with Crippen molar-refractivity contribution < 1.29 is 9.53 Å². The predicted octanol–water partition coefficient (Wildman–Crippen LogP) is 3.40. The molecule has 0 fully saturated rings. The first-order valence-corrected chi connectivity index (χ1v) is 6.15. The summed E-state index contributed by atoms with van der Waals surface area (Å²) in [6.07, 6.45) is 0.681. The average molecular weight is 256 g/mol. The molecule has 94 valence electrons. The van der Waals surface area contributed by atoms with E-state index < -0.39 is 0 Å². The van der Waals surface area contributed by atoms with E-state index in [1.807, 2.05) is 26.0 Å². The largest absolute Gasteiger partial charge is 0.464 e. The Morgan fingerprint density at radius 3 is 2.71 bits per heavy atom. The number of esters is 1. The van der Waals surface area contributed by atoms with Crippen molar-refractivity contribution in [1.29, 1.82) is 0 Å². The summed E-state index contributed by atoms with van der Waals surface area (Å²) in [5, 5.41) is 3.87. The molecule has 0 aromatic heterocycles. The summed E-state index contributed by atoms with van der Waals surface area (Å²) < 4.78 is 5.00. The van der Waals surface area contributed by atoms with Gasteiger partial charge in [-0.2, -0.15) is 0 Å². The van der Waals surface area contributed by atoms with Gasteiger partial charge >= 0.3 is 5.97 Å². The summed E-state index contributed by atoms with van der Waals surface area (Å²) in [6.45, 7) is 6.10. The van der Waals surface area contributed by atoms with Gasteiger partial charge in [0.1, 0.15) is 6.04 Å². The number of ether oxygens (including phenoxy) is 1. The van der Waals surface area contributed by atoms with Crippen molar-refractivity contribution in [2.45, 2.75) is 33.2 Å². The molecule has 0 saturated heterocycles. The zero-order valence-electron chi connectivity index (χ0n) is 10.4. The van der Waals surface area contributed by atoms with Gasteiger partial charge in [-0.3, -0.25) is 0 Å². The fourth-order valence-corrected chi connectivity index (χ4v) is 1.77. The Kier molecular flexibility index (Phi) is 5.29. The molecule has 0 spiro atoms. The molecule has 1 N–H and O–H groups in total. The van der Waals surface area contributed by atoms with Crippen LogP contribution in [0.15, 0.2) is 18.2 Å².